The van der Waals surface area contributed by atoms with Gasteiger partial charge in [0.25, 0.3) is 0 Å². The predicted octanol–water partition coefficient (Wildman–Crippen LogP) is 1.63. The first kappa shape index (κ1) is 13.6. The summed E-state index contributed by atoms with van der Waals surface area (Å²) in [5.41, 5.74) is 1.02. The number of anilines is 1. The number of carbonyl (C=O) groups excluding carboxylic acids is 1. The zero-order valence-electron chi connectivity index (χ0n) is 11.3. The molecular weight excluding hydrogens is 276 g/mol. The Hall–Kier alpha value is -1.40. The van der Waals surface area contributed by atoms with Crippen LogP contribution in [0.4, 0.5) is 5.69 Å². The second kappa shape index (κ2) is 4.56. The molecule has 2 saturated carbocycles. The molecular formula is C14H18N2O3S. The van der Waals surface area contributed by atoms with Gasteiger partial charge in [0.2, 0.25) is 15.9 Å². The van der Waals surface area contributed by atoms with Crippen molar-refractivity contribution in [2.75, 3.05) is 5.32 Å². The van der Waals surface area contributed by atoms with E-state index in [0.29, 0.717) is 11.3 Å². The maximum absolute atomic E-state index is 12.2. The molecule has 5 nitrogen and oxygen atoms in total. The van der Waals surface area contributed by atoms with E-state index in [0.717, 1.165) is 24.7 Å². The van der Waals surface area contributed by atoms with Crippen LogP contribution in [0.5, 0.6) is 0 Å². The number of nitrogens with one attached hydrogen (secondary N) is 1. The molecule has 0 radical (unpaired) electrons. The fourth-order valence-corrected chi connectivity index (χ4v) is 4.03. The molecule has 3 N–H and O–H groups in total. The van der Waals surface area contributed by atoms with Crippen molar-refractivity contribution in [3.8, 4) is 0 Å². The molecule has 0 spiro atoms. The van der Waals surface area contributed by atoms with Crippen molar-refractivity contribution < 1.29 is 13.2 Å². The summed E-state index contributed by atoms with van der Waals surface area (Å²) < 4.78 is 22.9. The van der Waals surface area contributed by atoms with Gasteiger partial charge in [0.1, 0.15) is 0 Å². The Balaban J connectivity index is 1.79. The summed E-state index contributed by atoms with van der Waals surface area (Å²) in [6.07, 6.45) is 3.19. The Kier molecular flexibility index (Phi) is 3.10. The van der Waals surface area contributed by atoms with Crippen LogP contribution < -0.4 is 10.5 Å². The van der Waals surface area contributed by atoms with Crippen molar-refractivity contribution in [3.63, 3.8) is 0 Å². The number of fused-ring (bicyclic) bond motifs is 1. The second-order valence-electron chi connectivity index (χ2n) is 5.89. The van der Waals surface area contributed by atoms with E-state index in [4.69, 9.17) is 5.14 Å². The van der Waals surface area contributed by atoms with E-state index in [-0.39, 0.29) is 16.7 Å². The highest BCUT2D eigenvalue weighted by Gasteiger charge is 2.48. The number of nitrogens with two attached hydrogens (primary N) is 1. The Morgan fingerprint density at radius 1 is 1.25 bits per heavy atom. The fraction of sp³-hybridized carbons (Fsp3) is 0.500. The van der Waals surface area contributed by atoms with Crippen LogP contribution in [0, 0.1) is 24.7 Å². The van der Waals surface area contributed by atoms with Gasteiger partial charge in [-0.05, 0) is 55.7 Å². The molecule has 2 aliphatic carbocycles. The smallest absolute Gasteiger partial charge is 0.238 e. The van der Waals surface area contributed by atoms with Crippen molar-refractivity contribution in [1.82, 2.24) is 0 Å². The average Bonchev–Trinajstić information content (AvgIpc) is 2.97. The number of hydrogen-bond donors (Lipinski definition) is 2. The Morgan fingerprint density at radius 2 is 1.90 bits per heavy atom. The summed E-state index contributed by atoms with van der Waals surface area (Å²) in [5.74, 6) is 1.54. The third-order valence-electron chi connectivity index (χ3n) is 4.46. The minimum atomic E-state index is -3.76. The van der Waals surface area contributed by atoms with E-state index in [1.807, 2.05) is 0 Å². The monoisotopic (exact) mass is 294 g/mol. The number of carbonyl (C=O) groups is 1. The van der Waals surface area contributed by atoms with Gasteiger partial charge in [0, 0.05) is 11.6 Å². The maximum atomic E-state index is 12.2. The lowest BCUT2D eigenvalue weighted by Gasteiger charge is -2.15. The molecule has 108 valence electrons. The summed E-state index contributed by atoms with van der Waals surface area (Å²) in [6.45, 7) is 1.65. The largest absolute Gasteiger partial charge is 0.326 e. The lowest BCUT2D eigenvalue weighted by Crippen LogP contribution is -2.23. The summed E-state index contributed by atoms with van der Waals surface area (Å²) in [7, 11) is -3.76. The zero-order chi connectivity index (χ0) is 14.5. The van der Waals surface area contributed by atoms with E-state index in [1.165, 1.54) is 12.5 Å². The molecule has 3 rings (SSSR count). The summed E-state index contributed by atoms with van der Waals surface area (Å²) in [6, 6.07) is 4.75. The van der Waals surface area contributed by atoms with Gasteiger partial charge in [-0.3, -0.25) is 4.79 Å². The molecule has 2 atom stereocenters. The van der Waals surface area contributed by atoms with Gasteiger partial charge in [-0.15, -0.1) is 0 Å². The van der Waals surface area contributed by atoms with E-state index in [9.17, 15) is 13.2 Å². The molecule has 0 aromatic heterocycles. The number of hydrogen-bond acceptors (Lipinski definition) is 3. The lowest BCUT2D eigenvalue weighted by atomic mass is 10.0. The molecule has 1 aromatic rings. The van der Waals surface area contributed by atoms with Crippen LogP contribution in [-0.4, -0.2) is 14.3 Å². The molecule has 20 heavy (non-hydrogen) atoms. The van der Waals surface area contributed by atoms with Gasteiger partial charge in [0.15, 0.2) is 0 Å². The number of benzene rings is 1. The molecule has 2 aliphatic rings. The lowest BCUT2D eigenvalue weighted by molar-refractivity contribution is -0.120. The van der Waals surface area contributed by atoms with Crippen LogP contribution in [0.3, 0.4) is 0 Å². The predicted molar refractivity (Wildman–Crippen MR) is 75.5 cm³/mol. The number of sulfonamides is 1. The molecule has 0 bridgehead atoms. The minimum Gasteiger partial charge on any atom is -0.326 e. The quantitative estimate of drug-likeness (QED) is 0.887. The fourth-order valence-electron chi connectivity index (χ4n) is 3.22. The third-order valence-corrected chi connectivity index (χ3v) is 5.52. The summed E-state index contributed by atoms with van der Waals surface area (Å²) in [5, 5.41) is 8.01. The molecule has 2 unspecified atom stereocenters. The zero-order valence-corrected chi connectivity index (χ0v) is 12.1. The van der Waals surface area contributed by atoms with Gasteiger partial charge in [0.05, 0.1) is 4.90 Å². The van der Waals surface area contributed by atoms with E-state index in [1.54, 1.807) is 19.1 Å². The highest BCUT2D eigenvalue weighted by atomic mass is 32.2. The Labute approximate surface area is 118 Å². The Morgan fingerprint density at radius 3 is 2.50 bits per heavy atom. The summed E-state index contributed by atoms with van der Waals surface area (Å²) in [4.78, 5) is 12.3. The van der Waals surface area contributed by atoms with Crippen LogP contribution in [0.1, 0.15) is 24.8 Å². The second-order valence-corrected chi connectivity index (χ2v) is 7.42. The van der Waals surface area contributed by atoms with Gasteiger partial charge in [-0.1, -0.05) is 6.07 Å². The van der Waals surface area contributed by atoms with Crippen molar-refractivity contribution in [2.24, 2.45) is 22.9 Å². The topological polar surface area (TPSA) is 89.3 Å². The van der Waals surface area contributed by atoms with Gasteiger partial charge in [-0.2, -0.15) is 0 Å². The van der Waals surface area contributed by atoms with Crippen LogP contribution in [0.15, 0.2) is 23.1 Å². The van der Waals surface area contributed by atoms with Crippen LogP contribution in [-0.2, 0) is 14.8 Å². The number of primary sulfonamides is 1. The minimum absolute atomic E-state index is 0.00753. The van der Waals surface area contributed by atoms with Crippen molar-refractivity contribution in [1.29, 1.82) is 0 Å². The molecule has 6 heteroatoms. The molecule has 0 saturated heterocycles. The first-order chi connectivity index (χ1) is 9.36. The molecule has 1 aromatic carbocycles. The highest BCUT2D eigenvalue weighted by Crippen LogP contribution is 2.54. The van der Waals surface area contributed by atoms with Crippen LogP contribution >= 0.6 is 0 Å². The average molecular weight is 294 g/mol. The van der Waals surface area contributed by atoms with Crippen molar-refractivity contribution in [2.45, 2.75) is 31.1 Å². The normalized spacial score (nSPS) is 28.0. The van der Waals surface area contributed by atoms with Crippen molar-refractivity contribution in [3.05, 3.63) is 23.8 Å². The Bertz CT molecular complexity index is 659. The van der Waals surface area contributed by atoms with Crippen LogP contribution in [0.25, 0.3) is 0 Å². The first-order valence-corrected chi connectivity index (χ1v) is 8.34. The highest BCUT2D eigenvalue weighted by molar-refractivity contribution is 7.89. The summed E-state index contributed by atoms with van der Waals surface area (Å²) >= 11 is 0. The molecule has 2 fully saturated rings. The number of rotatable bonds is 3. The molecule has 0 heterocycles. The van der Waals surface area contributed by atoms with Gasteiger partial charge >= 0.3 is 0 Å². The van der Waals surface area contributed by atoms with Crippen LogP contribution in [0.2, 0.25) is 0 Å². The van der Waals surface area contributed by atoms with Gasteiger partial charge < -0.3 is 5.32 Å². The molecule has 1 amide bonds. The van der Waals surface area contributed by atoms with Gasteiger partial charge in [-0.25, -0.2) is 13.6 Å². The molecule has 0 aliphatic heterocycles. The SMILES string of the molecule is Cc1c(NC(=O)C2CC3CC3C2)cccc1S(N)(=O)=O. The van der Waals surface area contributed by atoms with E-state index < -0.39 is 10.0 Å². The number of amides is 1. The third kappa shape index (κ3) is 2.45. The van der Waals surface area contributed by atoms with E-state index in [2.05, 4.69) is 5.32 Å². The maximum Gasteiger partial charge on any atom is 0.238 e. The van der Waals surface area contributed by atoms with E-state index >= 15 is 0 Å². The standard InChI is InChI=1S/C14H18N2O3S/c1-8-12(3-2-4-13(8)20(15,18)19)16-14(17)11-6-9-5-10(9)7-11/h2-4,9-11H,5-7H2,1H3,(H,16,17)(H2,15,18,19). The first-order valence-electron chi connectivity index (χ1n) is 6.79. The van der Waals surface area contributed by atoms with Crippen molar-refractivity contribution >= 4 is 21.6 Å².